The van der Waals surface area contributed by atoms with Gasteiger partial charge in [0.25, 0.3) is 0 Å². The zero-order valence-corrected chi connectivity index (χ0v) is 11.6. The molecule has 0 spiro atoms. The Balaban J connectivity index is 2.27. The Morgan fingerprint density at radius 3 is 2.79 bits per heavy atom. The van der Waals surface area contributed by atoms with Crippen LogP contribution in [0.25, 0.3) is 0 Å². The van der Waals surface area contributed by atoms with Crippen molar-refractivity contribution in [3.8, 4) is 5.75 Å². The standard InChI is InChI=1S/C14H20N2O3/c1-14(2,3)19-13(17)16-9-10(8-15)18-12-7-5-4-6-11(12)16/h4-7,10H,8-9,15H2,1-3H3. The summed E-state index contributed by atoms with van der Waals surface area (Å²) in [4.78, 5) is 13.8. The van der Waals surface area contributed by atoms with Crippen molar-refractivity contribution >= 4 is 11.8 Å². The van der Waals surface area contributed by atoms with Crippen LogP contribution in [0, 0.1) is 0 Å². The smallest absolute Gasteiger partial charge is 0.415 e. The number of amides is 1. The third kappa shape index (κ3) is 3.17. The van der Waals surface area contributed by atoms with Gasteiger partial charge in [0.15, 0.2) is 0 Å². The van der Waals surface area contributed by atoms with E-state index in [0.29, 0.717) is 18.8 Å². The van der Waals surface area contributed by atoms with Crippen molar-refractivity contribution in [3.05, 3.63) is 24.3 Å². The summed E-state index contributed by atoms with van der Waals surface area (Å²) in [6.07, 6.45) is -0.580. The molecule has 0 aliphatic carbocycles. The number of anilines is 1. The van der Waals surface area contributed by atoms with Crippen molar-refractivity contribution in [2.75, 3.05) is 18.0 Å². The molecule has 0 saturated heterocycles. The second-order valence-corrected chi connectivity index (χ2v) is 5.53. The fourth-order valence-electron chi connectivity index (χ4n) is 1.91. The minimum Gasteiger partial charge on any atom is -0.485 e. The highest BCUT2D eigenvalue weighted by molar-refractivity contribution is 5.90. The van der Waals surface area contributed by atoms with Gasteiger partial charge in [-0.25, -0.2) is 4.79 Å². The van der Waals surface area contributed by atoms with Crippen LogP contribution in [0.4, 0.5) is 10.5 Å². The highest BCUT2D eigenvalue weighted by Crippen LogP contribution is 2.33. The second-order valence-electron chi connectivity index (χ2n) is 5.53. The summed E-state index contributed by atoms with van der Waals surface area (Å²) in [5, 5.41) is 0. The van der Waals surface area contributed by atoms with Crippen LogP contribution in [0.1, 0.15) is 20.8 Å². The van der Waals surface area contributed by atoms with Crippen LogP contribution in [-0.4, -0.2) is 30.9 Å². The van der Waals surface area contributed by atoms with Crippen molar-refractivity contribution in [2.45, 2.75) is 32.5 Å². The number of rotatable bonds is 1. The molecule has 19 heavy (non-hydrogen) atoms. The summed E-state index contributed by atoms with van der Waals surface area (Å²) in [5.41, 5.74) is 5.84. The number of nitrogens with two attached hydrogens (primary N) is 1. The third-order valence-electron chi connectivity index (χ3n) is 2.71. The van der Waals surface area contributed by atoms with Crippen LogP contribution in [0.2, 0.25) is 0 Å². The normalized spacial score (nSPS) is 18.5. The SMILES string of the molecule is CC(C)(C)OC(=O)N1CC(CN)Oc2ccccc21. The quantitative estimate of drug-likeness (QED) is 0.844. The van der Waals surface area contributed by atoms with Crippen LogP contribution in [0.15, 0.2) is 24.3 Å². The maximum atomic E-state index is 12.2. The number of hydrogen-bond donors (Lipinski definition) is 1. The average Bonchev–Trinajstić information content (AvgIpc) is 2.35. The van der Waals surface area contributed by atoms with Crippen molar-refractivity contribution in [1.29, 1.82) is 0 Å². The molecule has 1 aromatic carbocycles. The minimum atomic E-state index is -0.525. The van der Waals surface area contributed by atoms with E-state index in [4.69, 9.17) is 15.2 Å². The topological polar surface area (TPSA) is 64.8 Å². The number of carbonyl (C=O) groups is 1. The van der Waals surface area contributed by atoms with Crippen LogP contribution in [0.5, 0.6) is 5.75 Å². The molecule has 1 aromatic rings. The molecule has 104 valence electrons. The van der Waals surface area contributed by atoms with E-state index in [0.717, 1.165) is 5.69 Å². The van der Waals surface area contributed by atoms with E-state index in [1.54, 1.807) is 4.90 Å². The summed E-state index contributed by atoms with van der Waals surface area (Å²) >= 11 is 0. The number of benzene rings is 1. The van der Waals surface area contributed by atoms with Crippen molar-refractivity contribution < 1.29 is 14.3 Å². The lowest BCUT2D eigenvalue weighted by Gasteiger charge is -2.35. The molecule has 1 atom stereocenters. The zero-order valence-electron chi connectivity index (χ0n) is 11.6. The summed E-state index contributed by atoms with van der Waals surface area (Å²) in [6, 6.07) is 7.40. The van der Waals surface area contributed by atoms with Gasteiger partial charge in [-0.05, 0) is 32.9 Å². The maximum absolute atomic E-state index is 12.2. The first kappa shape index (κ1) is 13.7. The Morgan fingerprint density at radius 1 is 1.47 bits per heavy atom. The van der Waals surface area contributed by atoms with E-state index in [1.165, 1.54) is 0 Å². The molecule has 0 saturated carbocycles. The number of nitrogens with zero attached hydrogens (tertiary/aromatic N) is 1. The Bertz CT molecular complexity index is 468. The van der Waals surface area contributed by atoms with E-state index >= 15 is 0 Å². The van der Waals surface area contributed by atoms with E-state index in [9.17, 15) is 4.79 Å². The van der Waals surface area contributed by atoms with Gasteiger partial charge < -0.3 is 15.2 Å². The third-order valence-corrected chi connectivity index (χ3v) is 2.71. The molecule has 0 fully saturated rings. The molecular weight excluding hydrogens is 244 g/mol. The van der Waals surface area contributed by atoms with Gasteiger partial charge in [-0.2, -0.15) is 0 Å². The van der Waals surface area contributed by atoms with Crippen molar-refractivity contribution in [2.24, 2.45) is 5.73 Å². The van der Waals surface area contributed by atoms with Gasteiger partial charge in [0.1, 0.15) is 17.5 Å². The van der Waals surface area contributed by atoms with Gasteiger partial charge in [0.2, 0.25) is 0 Å². The Morgan fingerprint density at radius 2 is 2.16 bits per heavy atom. The van der Waals surface area contributed by atoms with Gasteiger partial charge in [-0.1, -0.05) is 12.1 Å². The Kier molecular flexibility index (Phi) is 3.66. The van der Waals surface area contributed by atoms with Crippen LogP contribution < -0.4 is 15.4 Å². The number of para-hydroxylation sites is 2. The first-order chi connectivity index (χ1) is 8.90. The Hall–Kier alpha value is -1.75. The molecular formula is C14H20N2O3. The fraction of sp³-hybridized carbons (Fsp3) is 0.500. The molecule has 5 nitrogen and oxygen atoms in total. The van der Waals surface area contributed by atoms with Crippen molar-refractivity contribution in [3.63, 3.8) is 0 Å². The molecule has 1 aliphatic heterocycles. The van der Waals surface area contributed by atoms with Crippen LogP contribution in [0.3, 0.4) is 0 Å². The molecule has 2 N–H and O–H groups in total. The molecule has 2 rings (SSSR count). The van der Waals surface area contributed by atoms with Gasteiger partial charge in [-0.3, -0.25) is 4.90 Å². The lowest BCUT2D eigenvalue weighted by atomic mass is 10.2. The van der Waals surface area contributed by atoms with Crippen molar-refractivity contribution in [1.82, 2.24) is 0 Å². The molecule has 1 heterocycles. The molecule has 5 heteroatoms. The molecule has 0 bridgehead atoms. The summed E-state index contributed by atoms with van der Waals surface area (Å²) in [6.45, 7) is 6.29. The van der Waals surface area contributed by atoms with E-state index < -0.39 is 5.60 Å². The largest absolute Gasteiger partial charge is 0.485 e. The number of hydrogen-bond acceptors (Lipinski definition) is 4. The van der Waals surface area contributed by atoms with Crippen LogP contribution in [-0.2, 0) is 4.74 Å². The van der Waals surface area contributed by atoms with E-state index in [-0.39, 0.29) is 12.2 Å². The van der Waals surface area contributed by atoms with Gasteiger partial charge in [-0.15, -0.1) is 0 Å². The monoisotopic (exact) mass is 264 g/mol. The number of ether oxygens (including phenoxy) is 2. The molecule has 0 radical (unpaired) electrons. The number of fused-ring (bicyclic) bond motifs is 1. The van der Waals surface area contributed by atoms with Crippen LogP contribution >= 0.6 is 0 Å². The highest BCUT2D eigenvalue weighted by atomic mass is 16.6. The molecule has 1 aliphatic rings. The van der Waals surface area contributed by atoms with E-state index in [1.807, 2.05) is 45.0 Å². The van der Waals surface area contributed by atoms with Gasteiger partial charge in [0.05, 0.1) is 12.2 Å². The minimum absolute atomic E-state index is 0.206. The second kappa shape index (κ2) is 5.09. The number of carbonyl (C=O) groups excluding carboxylic acids is 1. The molecule has 1 unspecified atom stereocenters. The lowest BCUT2D eigenvalue weighted by molar-refractivity contribution is 0.0550. The Labute approximate surface area is 113 Å². The molecule has 0 aromatic heterocycles. The molecule has 1 amide bonds. The first-order valence-corrected chi connectivity index (χ1v) is 6.37. The van der Waals surface area contributed by atoms with Gasteiger partial charge in [0, 0.05) is 6.54 Å². The summed E-state index contributed by atoms with van der Waals surface area (Å²) in [5.74, 6) is 0.662. The van der Waals surface area contributed by atoms with E-state index in [2.05, 4.69) is 0 Å². The average molecular weight is 264 g/mol. The lowest BCUT2D eigenvalue weighted by Crippen LogP contribution is -2.48. The summed E-state index contributed by atoms with van der Waals surface area (Å²) < 4.78 is 11.1. The van der Waals surface area contributed by atoms with Gasteiger partial charge >= 0.3 is 6.09 Å². The highest BCUT2D eigenvalue weighted by Gasteiger charge is 2.31. The first-order valence-electron chi connectivity index (χ1n) is 6.37. The fourth-order valence-corrected chi connectivity index (χ4v) is 1.91. The summed E-state index contributed by atoms with van der Waals surface area (Å²) in [7, 11) is 0. The maximum Gasteiger partial charge on any atom is 0.415 e. The zero-order chi connectivity index (χ0) is 14.0. The predicted octanol–water partition coefficient (Wildman–Crippen LogP) is 2.15. The predicted molar refractivity (Wildman–Crippen MR) is 73.5 cm³/mol.